The summed E-state index contributed by atoms with van der Waals surface area (Å²) < 4.78 is 5.62. The standard InChI is InChI=1S/C13H10Cl2N2OS/c14-9-4-10(15)6-11(5-9)18-7-8-2-1-3-17-12(8)13(16)19/h1-6H,7H2,(H2,16,19). The van der Waals surface area contributed by atoms with Crippen molar-refractivity contribution in [2.45, 2.75) is 6.61 Å². The molecule has 0 radical (unpaired) electrons. The van der Waals surface area contributed by atoms with Gasteiger partial charge in [0.15, 0.2) is 0 Å². The Hall–Kier alpha value is -1.36. The van der Waals surface area contributed by atoms with Crippen LogP contribution in [0, 0.1) is 0 Å². The van der Waals surface area contributed by atoms with Gasteiger partial charge in [0.2, 0.25) is 0 Å². The van der Waals surface area contributed by atoms with Gasteiger partial charge in [-0.1, -0.05) is 41.5 Å². The summed E-state index contributed by atoms with van der Waals surface area (Å²) in [6.45, 7) is 0.289. The summed E-state index contributed by atoms with van der Waals surface area (Å²) in [5.74, 6) is 0.579. The average molecular weight is 313 g/mol. The molecule has 19 heavy (non-hydrogen) atoms. The van der Waals surface area contributed by atoms with Gasteiger partial charge in [-0.3, -0.25) is 4.98 Å². The van der Waals surface area contributed by atoms with E-state index in [0.29, 0.717) is 21.5 Å². The van der Waals surface area contributed by atoms with Gasteiger partial charge in [0.25, 0.3) is 0 Å². The number of benzene rings is 1. The van der Waals surface area contributed by atoms with Crippen LogP contribution in [-0.4, -0.2) is 9.97 Å². The number of pyridine rings is 1. The van der Waals surface area contributed by atoms with E-state index >= 15 is 0 Å². The van der Waals surface area contributed by atoms with E-state index in [1.807, 2.05) is 6.07 Å². The molecule has 3 nitrogen and oxygen atoms in total. The van der Waals surface area contributed by atoms with E-state index in [9.17, 15) is 0 Å². The minimum atomic E-state index is 0.239. The third kappa shape index (κ3) is 3.80. The van der Waals surface area contributed by atoms with Gasteiger partial charge in [-0.25, -0.2) is 0 Å². The molecule has 0 unspecified atom stereocenters. The van der Waals surface area contributed by atoms with E-state index in [0.717, 1.165) is 5.56 Å². The summed E-state index contributed by atoms with van der Waals surface area (Å²) in [5.41, 5.74) is 6.97. The van der Waals surface area contributed by atoms with Gasteiger partial charge in [-0.2, -0.15) is 0 Å². The first-order chi connectivity index (χ1) is 9.06. The van der Waals surface area contributed by atoms with Crippen LogP contribution in [0.25, 0.3) is 0 Å². The van der Waals surface area contributed by atoms with Gasteiger partial charge in [-0.15, -0.1) is 0 Å². The second-order valence-electron chi connectivity index (χ2n) is 3.77. The monoisotopic (exact) mass is 312 g/mol. The Morgan fingerprint density at radius 1 is 1.26 bits per heavy atom. The van der Waals surface area contributed by atoms with E-state index in [2.05, 4.69) is 4.98 Å². The lowest BCUT2D eigenvalue weighted by Crippen LogP contribution is -2.15. The molecule has 98 valence electrons. The van der Waals surface area contributed by atoms with Crippen LogP contribution in [0.4, 0.5) is 0 Å². The Morgan fingerprint density at radius 2 is 1.95 bits per heavy atom. The van der Waals surface area contributed by atoms with E-state index in [-0.39, 0.29) is 11.6 Å². The number of hydrogen-bond donors (Lipinski definition) is 1. The number of halogens is 2. The maximum Gasteiger partial charge on any atom is 0.123 e. The number of rotatable bonds is 4. The molecular weight excluding hydrogens is 303 g/mol. The Labute approximate surface area is 126 Å². The lowest BCUT2D eigenvalue weighted by Gasteiger charge is -2.10. The molecule has 0 aliphatic carbocycles. The molecule has 0 amide bonds. The van der Waals surface area contributed by atoms with Crippen LogP contribution in [0.1, 0.15) is 11.3 Å². The summed E-state index contributed by atoms with van der Waals surface area (Å²) in [5, 5.41) is 1.03. The highest BCUT2D eigenvalue weighted by Gasteiger charge is 2.07. The zero-order valence-electron chi connectivity index (χ0n) is 9.77. The van der Waals surface area contributed by atoms with Gasteiger partial charge >= 0.3 is 0 Å². The Morgan fingerprint density at radius 3 is 2.58 bits per heavy atom. The van der Waals surface area contributed by atoms with E-state index in [1.54, 1.807) is 30.5 Å². The normalized spacial score (nSPS) is 10.2. The zero-order chi connectivity index (χ0) is 13.8. The zero-order valence-corrected chi connectivity index (χ0v) is 12.1. The van der Waals surface area contributed by atoms with Crippen molar-refractivity contribution >= 4 is 40.4 Å². The van der Waals surface area contributed by atoms with Crippen molar-refractivity contribution in [3.05, 3.63) is 57.8 Å². The van der Waals surface area contributed by atoms with Crippen molar-refractivity contribution in [3.8, 4) is 5.75 Å². The lowest BCUT2D eigenvalue weighted by atomic mass is 10.2. The van der Waals surface area contributed by atoms with Crippen molar-refractivity contribution in [1.82, 2.24) is 4.98 Å². The molecular formula is C13H10Cl2N2OS. The van der Waals surface area contributed by atoms with Crippen LogP contribution in [0.5, 0.6) is 5.75 Å². The third-order valence-electron chi connectivity index (χ3n) is 2.36. The number of nitrogens with zero attached hydrogens (tertiary/aromatic N) is 1. The molecule has 0 aliphatic heterocycles. The van der Waals surface area contributed by atoms with Crippen molar-refractivity contribution < 1.29 is 4.74 Å². The molecule has 1 aromatic carbocycles. The van der Waals surface area contributed by atoms with Crippen molar-refractivity contribution in [2.75, 3.05) is 0 Å². The quantitative estimate of drug-likeness (QED) is 0.876. The molecule has 0 fully saturated rings. The molecule has 2 rings (SSSR count). The van der Waals surface area contributed by atoms with Gasteiger partial charge in [0.05, 0.1) is 0 Å². The highest BCUT2D eigenvalue weighted by atomic mass is 35.5. The van der Waals surface area contributed by atoms with Gasteiger partial charge in [0, 0.05) is 21.8 Å². The minimum Gasteiger partial charge on any atom is -0.489 e. The van der Waals surface area contributed by atoms with E-state index in [1.165, 1.54) is 0 Å². The number of hydrogen-bond acceptors (Lipinski definition) is 3. The molecule has 6 heteroatoms. The molecule has 1 heterocycles. The van der Waals surface area contributed by atoms with Crippen LogP contribution < -0.4 is 10.5 Å². The predicted octanol–water partition coefficient (Wildman–Crippen LogP) is 3.60. The second-order valence-corrected chi connectivity index (χ2v) is 5.08. The first kappa shape index (κ1) is 14.1. The van der Waals surface area contributed by atoms with Crippen LogP contribution >= 0.6 is 35.4 Å². The largest absolute Gasteiger partial charge is 0.489 e. The van der Waals surface area contributed by atoms with E-state index < -0.39 is 0 Å². The Balaban J connectivity index is 2.16. The summed E-state index contributed by atoms with van der Waals surface area (Å²) in [7, 11) is 0. The molecule has 0 aliphatic rings. The fourth-order valence-corrected chi connectivity index (χ4v) is 2.24. The van der Waals surface area contributed by atoms with Gasteiger partial charge in [-0.05, 0) is 24.3 Å². The summed E-state index contributed by atoms with van der Waals surface area (Å²) >= 11 is 16.7. The third-order valence-corrected chi connectivity index (χ3v) is 2.98. The fourth-order valence-electron chi connectivity index (χ4n) is 1.55. The van der Waals surface area contributed by atoms with Crippen LogP contribution in [0.3, 0.4) is 0 Å². The fraction of sp³-hybridized carbons (Fsp3) is 0.0769. The van der Waals surface area contributed by atoms with E-state index in [4.69, 9.17) is 45.9 Å². The number of nitrogens with two attached hydrogens (primary N) is 1. The number of thiocarbonyl (C=S) groups is 1. The Bertz CT molecular complexity index is 599. The number of ether oxygens (including phenoxy) is 1. The van der Waals surface area contributed by atoms with Crippen LogP contribution in [0.15, 0.2) is 36.5 Å². The molecule has 2 N–H and O–H groups in total. The van der Waals surface area contributed by atoms with Gasteiger partial charge in [0.1, 0.15) is 23.0 Å². The topological polar surface area (TPSA) is 48.1 Å². The predicted molar refractivity (Wildman–Crippen MR) is 80.9 cm³/mol. The van der Waals surface area contributed by atoms with Crippen LogP contribution in [-0.2, 0) is 6.61 Å². The number of aromatic nitrogens is 1. The van der Waals surface area contributed by atoms with Crippen molar-refractivity contribution in [1.29, 1.82) is 0 Å². The van der Waals surface area contributed by atoms with Gasteiger partial charge < -0.3 is 10.5 Å². The minimum absolute atomic E-state index is 0.239. The highest BCUT2D eigenvalue weighted by Crippen LogP contribution is 2.25. The molecule has 0 saturated carbocycles. The molecule has 1 aromatic heterocycles. The summed E-state index contributed by atoms with van der Waals surface area (Å²) in [6.07, 6.45) is 1.63. The maximum absolute atomic E-state index is 5.90. The van der Waals surface area contributed by atoms with Crippen molar-refractivity contribution in [3.63, 3.8) is 0 Å². The maximum atomic E-state index is 5.90. The first-order valence-electron chi connectivity index (χ1n) is 5.39. The summed E-state index contributed by atoms with van der Waals surface area (Å²) in [4.78, 5) is 4.37. The van der Waals surface area contributed by atoms with Crippen LogP contribution in [0.2, 0.25) is 10.0 Å². The highest BCUT2D eigenvalue weighted by molar-refractivity contribution is 7.80. The lowest BCUT2D eigenvalue weighted by molar-refractivity contribution is 0.305. The smallest absolute Gasteiger partial charge is 0.123 e. The molecule has 0 spiro atoms. The SMILES string of the molecule is NC(=S)c1ncccc1COc1cc(Cl)cc(Cl)c1. The summed E-state index contributed by atoms with van der Waals surface area (Å²) in [6, 6.07) is 8.66. The van der Waals surface area contributed by atoms with Crippen molar-refractivity contribution in [2.24, 2.45) is 5.73 Å². The first-order valence-corrected chi connectivity index (χ1v) is 6.55. The molecule has 0 bridgehead atoms. The molecule has 0 saturated heterocycles. The second kappa shape index (κ2) is 6.19. The molecule has 2 aromatic rings. The molecule has 0 atom stereocenters. The Kier molecular flexibility index (Phi) is 4.58. The average Bonchev–Trinajstić information content (AvgIpc) is 2.35.